The summed E-state index contributed by atoms with van der Waals surface area (Å²) in [5.74, 6) is 0. The van der Waals surface area contributed by atoms with Gasteiger partial charge >= 0.3 is 0 Å². The van der Waals surface area contributed by atoms with E-state index in [4.69, 9.17) is 4.74 Å². The lowest BCUT2D eigenvalue weighted by Crippen LogP contribution is -1.85. The second-order valence-corrected chi connectivity index (χ2v) is 3.41. The summed E-state index contributed by atoms with van der Waals surface area (Å²) in [6.45, 7) is 0.565. The van der Waals surface area contributed by atoms with Gasteiger partial charge in [0.05, 0.1) is 13.7 Å². The molecule has 2 aromatic carbocycles. The van der Waals surface area contributed by atoms with Crippen molar-refractivity contribution >= 4 is 0 Å². The fourth-order valence-electron chi connectivity index (χ4n) is 1.54. The van der Waals surface area contributed by atoms with Crippen LogP contribution in [0.3, 0.4) is 0 Å². The number of hydrogen-bond donors (Lipinski definition) is 0. The summed E-state index contributed by atoms with van der Waals surface area (Å²) >= 11 is 0. The van der Waals surface area contributed by atoms with E-state index in [1.807, 2.05) is 18.2 Å². The van der Waals surface area contributed by atoms with E-state index >= 15 is 0 Å². The summed E-state index contributed by atoms with van der Waals surface area (Å²) in [7, 11) is 3.36. The quantitative estimate of drug-likeness (QED) is 0.729. The van der Waals surface area contributed by atoms with Crippen LogP contribution in [0.5, 0.6) is 0 Å². The van der Waals surface area contributed by atoms with Gasteiger partial charge in [0.15, 0.2) is 0 Å². The summed E-state index contributed by atoms with van der Waals surface area (Å²) < 4.78 is 4.82. The van der Waals surface area contributed by atoms with E-state index in [9.17, 15) is 0 Å². The van der Waals surface area contributed by atoms with E-state index < -0.39 is 0 Å². The molecule has 0 N–H and O–H groups in total. The molecule has 0 saturated carbocycles. The fraction of sp³-hybridized carbons (Fsp3) is 0.0714. The van der Waals surface area contributed by atoms with Crippen LogP contribution in [0.1, 0.15) is 5.56 Å². The normalized spacial score (nSPS) is 10.2. The van der Waals surface area contributed by atoms with E-state index in [2.05, 4.69) is 43.5 Å². The molecule has 0 aliphatic carbocycles. The van der Waals surface area contributed by atoms with Gasteiger partial charge in [0.25, 0.3) is 0 Å². The molecule has 2 aromatic rings. The molecular formula is C14H13O. The highest BCUT2D eigenvalue weighted by atomic mass is 16.5. The van der Waals surface area contributed by atoms with Crippen molar-refractivity contribution < 1.29 is 4.74 Å². The molecule has 1 heteroatoms. The highest BCUT2D eigenvalue weighted by molar-refractivity contribution is 5.63. The average molecular weight is 197 g/mol. The molecule has 0 spiro atoms. The molecule has 75 valence electrons. The molecule has 1 nitrogen and oxygen atoms in total. The molecule has 0 fully saturated rings. The smallest absolute Gasteiger partial charge is 0.0718 e. The van der Waals surface area contributed by atoms with Gasteiger partial charge in [-0.25, -0.2) is 0 Å². The summed E-state index contributed by atoms with van der Waals surface area (Å²) in [5, 5.41) is 0. The van der Waals surface area contributed by atoms with Gasteiger partial charge < -0.3 is 4.74 Å². The van der Waals surface area contributed by atoms with Gasteiger partial charge in [0.2, 0.25) is 0 Å². The van der Waals surface area contributed by atoms with Crippen LogP contribution in [-0.2, 0) is 11.3 Å². The first-order valence-corrected chi connectivity index (χ1v) is 4.91. The van der Waals surface area contributed by atoms with Gasteiger partial charge in [-0.2, -0.15) is 0 Å². The van der Waals surface area contributed by atoms with Crippen LogP contribution in [-0.4, -0.2) is 0 Å². The van der Waals surface area contributed by atoms with Crippen molar-refractivity contribution in [2.75, 3.05) is 0 Å². The number of ether oxygens (including phenoxy) is 1. The predicted octanol–water partition coefficient (Wildman–Crippen LogP) is 3.66. The van der Waals surface area contributed by atoms with E-state index in [0.717, 1.165) is 5.56 Å². The number of benzene rings is 2. The molecule has 1 radical (unpaired) electrons. The fourth-order valence-corrected chi connectivity index (χ4v) is 1.54. The molecule has 2 rings (SSSR count). The molecule has 0 aliphatic heterocycles. The molecule has 0 atom stereocenters. The highest BCUT2D eigenvalue weighted by Gasteiger charge is 1.96. The van der Waals surface area contributed by atoms with Crippen molar-refractivity contribution in [2.45, 2.75) is 6.61 Å². The first-order chi connectivity index (χ1) is 7.40. The number of hydrogen-bond acceptors (Lipinski definition) is 1. The van der Waals surface area contributed by atoms with Crippen LogP contribution in [0.15, 0.2) is 54.6 Å². The summed E-state index contributed by atoms with van der Waals surface area (Å²) in [5.41, 5.74) is 3.60. The van der Waals surface area contributed by atoms with E-state index in [1.54, 1.807) is 0 Å². The van der Waals surface area contributed by atoms with Gasteiger partial charge in [-0.15, -0.1) is 0 Å². The van der Waals surface area contributed by atoms with E-state index in [1.165, 1.54) is 11.1 Å². The molecule has 0 aliphatic rings. The van der Waals surface area contributed by atoms with Gasteiger partial charge in [0, 0.05) is 0 Å². The Labute approximate surface area is 90.3 Å². The third-order valence-electron chi connectivity index (χ3n) is 2.33. The Morgan fingerprint density at radius 3 is 2.00 bits per heavy atom. The molecule has 0 saturated heterocycles. The SMILES string of the molecule is [CH2]OCc1ccc(-c2ccccc2)cc1. The molecule has 0 bridgehead atoms. The maximum Gasteiger partial charge on any atom is 0.0718 e. The lowest BCUT2D eigenvalue weighted by molar-refractivity contribution is 0.229. The maximum atomic E-state index is 4.82. The third-order valence-corrected chi connectivity index (χ3v) is 2.33. The van der Waals surface area contributed by atoms with Crippen molar-refractivity contribution in [3.63, 3.8) is 0 Å². The van der Waals surface area contributed by atoms with Crippen LogP contribution in [0.2, 0.25) is 0 Å². The largest absolute Gasteiger partial charge is 0.374 e. The summed E-state index contributed by atoms with van der Waals surface area (Å²) in [6, 6.07) is 18.6. The Bertz CT molecular complexity index is 403. The minimum atomic E-state index is 0.565. The van der Waals surface area contributed by atoms with Crippen molar-refractivity contribution in [3.05, 3.63) is 67.3 Å². The third kappa shape index (κ3) is 2.45. The Kier molecular flexibility index (Phi) is 3.15. The van der Waals surface area contributed by atoms with E-state index in [0.29, 0.717) is 6.61 Å². The molecule has 0 aromatic heterocycles. The topological polar surface area (TPSA) is 9.23 Å². The summed E-state index contributed by atoms with van der Waals surface area (Å²) in [4.78, 5) is 0. The van der Waals surface area contributed by atoms with Crippen LogP contribution in [0.4, 0.5) is 0 Å². The first kappa shape index (κ1) is 9.94. The minimum Gasteiger partial charge on any atom is -0.374 e. The van der Waals surface area contributed by atoms with Gasteiger partial charge in [-0.1, -0.05) is 54.6 Å². The van der Waals surface area contributed by atoms with Crippen molar-refractivity contribution in [1.29, 1.82) is 0 Å². The zero-order chi connectivity index (χ0) is 10.5. The van der Waals surface area contributed by atoms with Crippen molar-refractivity contribution in [3.8, 4) is 11.1 Å². The second-order valence-electron chi connectivity index (χ2n) is 3.41. The first-order valence-electron chi connectivity index (χ1n) is 4.91. The molecule has 0 unspecified atom stereocenters. The van der Waals surface area contributed by atoms with Gasteiger partial charge in [-0.05, 0) is 16.7 Å². The van der Waals surface area contributed by atoms with Crippen LogP contribution in [0, 0.1) is 7.11 Å². The van der Waals surface area contributed by atoms with Crippen LogP contribution >= 0.6 is 0 Å². The second kappa shape index (κ2) is 4.76. The monoisotopic (exact) mass is 197 g/mol. The Balaban J connectivity index is 2.24. The van der Waals surface area contributed by atoms with Gasteiger partial charge in [0.1, 0.15) is 0 Å². The summed E-state index contributed by atoms with van der Waals surface area (Å²) in [6.07, 6.45) is 0. The van der Waals surface area contributed by atoms with E-state index in [-0.39, 0.29) is 0 Å². The zero-order valence-corrected chi connectivity index (χ0v) is 8.52. The molecule has 15 heavy (non-hydrogen) atoms. The predicted molar refractivity (Wildman–Crippen MR) is 62.0 cm³/mol. The maximum absolute atomic E-state index is 4.82. The highest BCUT2D eigenvalue weighted by Crippen LogP contribution is 2.19. The molecule has 0 amide bonds. The Morgan fingerprint density at radius 2 is 1.40 bits per heavy atom. The molecular weight excluding hydrogens is 184 g/mol. The lowest BCUT2D eigenvalue weighted by atomic mass is 10.0. The van der Waals surface area contributed by atoms with Crippen LogP contribution in [0.25, 0.3) is 11.1 Å². The van der Waals surface area contributed by atoms with Gasteiger partial charge in [-0.3, -0.25) is 0 Å². The van der Waals surface area contributed by atoms with Crippen LogP contribution < -0.4 is 0 Å². The van der Waals surface area contributed by atoms with Crippen molar-refractivity contribution in [1.82, 2.24) is 0 Å². The van der Waals surface area contributed by atoms with Crippen molar-refractivity contribution in [2.24, 2.45) is 0 Å². The standard InChI is InChI=1S/C14H13O/c1-15-11-12-7-9-14(10-8-12)13-5-3-2-4-6-13/h2-10H,1,11H2. The Morgan fingerprint density at radius 1 is 0.800 bits per heavy atom. The molecule has 0 heterocycles. The lowest BCUT2D eigenvalue weighted by Gasteiger charge is -2.03. The average Bonchev–Trinajstić information content (AvgIpc) is 2.32. The Hall–Kier alpha value is -1.60. The number of rotatable bonds is 3. The minimum absolute atomic E-state index is 0.565. The zero-order valence-electron chi connectivity index (χ0n) is 8.52.